The first kappa shape index (κ1) is 20.2. The lowest BCUT2D eigenvalue weighted by Crippen LogP contribution is -2.55. The number of rotatable bonds is 2. The van der Waals surface area contributed by atoms with Crippen molar-refractivity contribution in [1.82, 2.24) is 4.90 Å². The molecule has 2 aliphatic heterocycles. The van der Waals surface area contributed by atoms with Crippen LogP contribution >= 0.6 is 11.6 Å². The maximum atomic E-state index is 12.7. The molecule has 1 atom stereocenters. The lowest BCUT2D eigenvalue weighted by atomic mass is 10.1. The predicted molar refractivity (Wildman–Crippen MR) is 117 cm³/mol. The Morgan fingerprint density at radius 1 is 1.10 bits per heavy atom. The number of carbonyl (C=O) groups is 3. The molecule has 0 aliphatic carbocycles. The smallest absolute Gasteiger partial charge is 0.313 e. The van der Waals surface area contributed by atoms with Crippen molar-refractivity contribution < 1.29 is 14.4 Å². The van der Waals surface area contributed by atoms with Crippen LogP contribution in [0, 0.1) is 0 Å². The van der Waals surface area contributed by atoms with Gasteiger partial charge >= 0.3 is 11.8 Å². The Labute approximate surface area is 180 Å². The van der Waals surface area contributed by atoms with E-state index in [4.69, 9.17) is 11.6 Å². The summed E-state index contributed by atoms with van der Waals surface area (Å²) in [5.74, 6) is -1.21. The number of hydrogen-bond acceptors (Lipinski definition) is 4. The van der Waals surface area contributed by atoms with E-state index in [0.29, 0.717) is 36.8 Å². The van der Waals surface area contributed by atoms with Crippen LogP contribution in [0.5, 0.6) is 0 Å². The molecule has 3 amide bonds. The number of nitrogens with zero attached hydrogens (tertiary/aromatic N) is 3. The molecule has 1 N–H and O–H groups in total. The summed E-state index contributed by atoms with van der Waals surface area (Å²) >= 11 is 5.96. The summed E-state index contributed by atoms with van der Waals surface area (Å²) in [6.45, 7) is 3.57. The second-order valence-electron chi connectivity index (χ2n) is 7.70. The van der Waals surface area contributed by atoms with Crippen molar-refractivity contribution in [3.8, 4) is 0 Å². The minimum Gasteiger partial charge on any atom is -0.365 e. The van der Waals surface area contributed by atoms with Gasteiger partial charge in [0.25, 0.3) is 0 Å². The number of carbonyl (C=O) groups excluding carboxylic acids is 3. The zero-order chi connectivity index (χ0) is 21.4. The molecule has 0 spiro atoms. The number of amides is 3. The summed E-state index contributed by atoms with van der Waals surface area (Å²) in [5, 5.41) is 3.35. The minimum absolute atomic E-state index is 0.0112. The van der Waals surface area contributed by atoms with Crippen LogP contribution in [0.25, 0.3) is 0 Å². The van der Waals surface area contributed by atoms with E-state index in [1.807, 2.05) is 37.3 Å². The Kier molecular flexibility index (Phi) is 5.39. The highest BCUT2D eigenvalue weighted by Crippen LogP contribution is 2.30. The topological polar surface area (TPSA) is 73.0 Å². The van der Waals surface area contributed by atoms with E-state index in [1.54, 1.807) is 29.0 Å². The number of likely N-dealkylation sites (N-methyl/N-ethyl adjacent to an activating group) is 1. The highest BCUT2D eigenvalue weighted by atomic mass is 35.5. The first-order valence-electron chi connectivity index (χ1n) is 9.85. The highest BCUT2D eigenvalue weighted by Gasteiger charge is 2.31. The second-order valence-corrected chi connectivity index (χ2v) is 8.13. The lowest BCUT2D eigenvalue weighted by molar-refractivity contribution is -0.143. The molecule has 30 heavy (non-hydrogen) atoms. The van der Waals surface area contributed by atoms with Gasteiger partial charge in [-0.25, -0.2) is 0 Å². The minimum atomic E-state index is -0.672. The van der Waals surface area contributed by atoms with Crippen molar-refractivity contribution in [3.05, 3.63) is 53.1 Å². The van der Waals surface area contributed by atoms with Gasteiger partial charge in [-0.15, -0.1) is 0 Å². The van der Waals surface area contributed by atoms with Crippen LogP contribution in [0.3, 0.4) is 0 Å². The fourth-order valence-corrected chi connectivity index (χ4v) is 4.13. The number of benzene rings is 2. The molecule has 7 nitrogen and oxygen atoms in total. The molecule has 0 aromatic heterocycles. The molecule has 4 rings (SSSR count). The van der Waals surface area contributed by atoms with Crippen LogP contribution < -0.4 is 15.1 Å². The molecule has 2 heterocycles. The number of anilines is 3. The number of piperazine rings is 1. The van der Waals surface area contributed by atoms with E-state index >= 15 is 0 Å². The maximum absolute atomic E-state index is 12.7. The fourth-order valence-electron chi connectivity index (χ4n) is 4.01. The summed E-state index contributed by atoms with van der Waals surface area (Å²) in [5.41, 5.74) is 3.22. The molecule has 156 valence electrons. The number of nitrogens with one attached hydrogen (secondary N) is 1. The first-order valence-corrected chi connectivity index (χ1v) is 10.2. The molecule has 0 unspecified atom stereocenters. The van der Waals surface area contributed by atoms with Crippen LogP contribution in [-0.2, 0) is 20.8 Å². The molecule has 2 aliphatic rings. The summed E-state index contributed by atoms with van der Waals surface area (Å²) in [4.78, 5) is 42.4. The molecule has 0 saturated carbocycles. The molecule has 2 aromatic carbocycles. The SMILES string of the molecule is C[C@@H]1CN(C(=O)C(=O)Nc2ccc3c(c2)N(C)C(=O)C3)CCN1c1ccc(Cl)cc1. The van der Waals surface area contributed by atoms with E-state index < -0.39 is 11.8 Å². The van der Waals surface area contributed by atoms with Gasteiger partial charge in [-0.2, -0.15) is 0 Å². The Morgan fingerprint density at radius 3 is 2.53 bits per heavy atom. The quantitative estimate of drug-likeness (QED) is 0.749. The van der Waals surface area contributed by atoms with E-state index in [1.165, 1.54) is 0 Å². The summed E-state index contributed by atoms with van der Waals surface area (Å²) < 4.78 is 0. The van der Waals surface area contributed by atoms with E-state index in [0.717, 1.165) is 16.9 Å². The number of hydrogen-bond donors (Lipinski definition) is 1. The largest absolute Gasteiger partial charge is 0.365 e. The fraction of sp³-hybridized carbons (Fsp3) is 0.318. The Hall–Kier alpha value is -3.06. The molecular formula is C22H23ClN4O3. The van der Waals surface area contributed by atoms with Gasteiger partial charge < -0.3 is 20.0 Å². The van der Waals surface area contributed by atoms with Crippen molar-refractivity contribution in [1.29, 1.82) is 0 Å². The van der Waals surface area contributed by atoms with Gasteiger partial charge in [-0.1, -0.05) is 17.7 Å². The third-order valence-corrected chi connectivity index (χ3v) is 5.94. The van der Waals surface area contributed by atoms with Crippen molar-refractivity contribution in [3.63, 3.8) is 0 Å². The molecular weight excluding hydrogens is 404 g/mol. The van der Waals surface area contributed by atoms with Gasteiger partial charge in [-0.3, -0.25) is 14.4 Å². The molecule has 8 heteroatoms. The molecule has 1 saturated heterocycles. The standard InChI is InChI=1S/C22H23ClN4O3/c1-14-13-26(9-10-27(14)18-7-4-16(23)5-8-18)22(30)21(29)24-17-6-3-15-11-20(28)25(2)19(15)12-17/h3-8,12,14H,9-11,13H2,1-2H3,(H,24,29)/t14-/m1/s1. The average Bonchev–Trinajstić information content (AvgIpc) is 3.01. The predicted octanol–water partition coefficient (Wildman–Crippen LogP) is 2.53. The van der Waals surface area contributed by atoms with Gasteiger partial charge in [0.2, 0.25) is 5.91 Å². The summed E-state index contributed by atoms with van der Waals surface area (Å²) in [7, 11) is 1.70. The van der Waals surface area contributed by atoms with Gasteiger partial charge in [0.1, 0.15) is 0 Å². The van der Waals surface area contributed by atoms with Crippen LogP contribution in [-0.4, -0.2) is 55.3 Å². The van der Waals surface area contributed by atoms with Gasteiger partial charge in [0, 0.05) is 54.8 Å². The normalized spacial score (nSPS) is 18.4. The third kappa shape index (κ3) is 3.85. The Bertz CT molecular complexity index is 1010. The van der Waals surface area contributed by atoms with E-state index in [-0.39, 0.29) is 11.9 Å². The molecule has 1 fully saturated rings. The van der Waals surface area contributed by atoms with Crippen molar-refractivity contribution >= 4 is 46.4 Å². The molecule has 2 aromatic rings. The Balaban J connectivity index is 1.39. The van der Waals surface area contributed by atoms with E-state index in [9.17, 15) is 14.4 Å². The monoisotopic (exact) mass is 426 g/mol. The van der Waals surface area contributed by atoms with Crippen molar-refractivity contribution in [2.45, 2.75) is 19.4 Å². The van der Waals surface area contributed by atoms with Crippen molar-refractivity contribution in [2.24, 2.45) is 0 Å². The lowest BCUT2D eigenvalue weighted by Gasteiger charge is -2.41. The molecule has 0 radical (unpaired) electrons. The van der Waals surface area contributed by atoms with Gasteiger partial charge in [-0.05, 0) is 48.9 Å². The number of fused-ring (bicyclic) bond motifs is 1. The zero-order valence-electron chi connectivity index (χ0n) is 16.9. The third-order valence-electron chi connectivity index (χ3n) is 5.69. The van der Waals surface area contributed by atoms with Crippen LogP contribution in [0.15, 0.2) is 42.5 Å². The van der Waals surface area contributed by atoms with E-state index in [2.05, 4.69) is 10.2 Å². The Morgan fingerprint density at radius 2 is 1.83 bits per heavy atom. The van der Waals surface area contributed by atoms with Crippen LogP contribution in [0.4, 0.5) is 17.1 Å². The number of halogens is 1. The first-order chi connectivity index (χ1) is 14.3. The van der Waals surface area contributed by atoms with Crippen LogP contribution in [0.1, 0.15) is 12.5 Å². The highest BCUT2D eigenvalue weighted by molar-refractivity contribution is 6.39. The zero-order valence-corrected chi connectivity index (χ0v) is 17.6. The maximum Gasteiger partial charge on any atom is 0.313 e. The van der Waals surface area contributed by atoms with Gasteiger partial charge in [0.05, 0.1) is 6.42 Å². The van der Waals surface area contributed by atoms with Gasteiger partial charge in [0.15, 0.2) is 0 Å². The summed E-state index contributed by atoms with van der Waals surface area (Å²) in [6, 6.07) is 12.9. The summed E-state index contributed by atoms with van der Waals surface area (Å²) in [6.07, 6.45) is 0.356. The van der Waals surface area contributed by atoms with Crippen molar-refractivity contribution in [2.75, 3.05) is 41.8 Å². The average molecular weight is 427 g/mol. The molecule has 0 bridgehead atoms. The van der Waals surface area contributed by atoms with Crippen LogP contribution in [0.2, 0.25) is 5.02 Å². The second kappa shape index (κ2) is 7.99.